The lowest BCUT2D eigenvalue weighted by Gasteiger charge is -2.14. The van der Waals surface area contributed by atoms with Gasteiger partial charge >= 0.3 is 0 Å². The van der Waals surface area contributed by atoms with Crippen molar-refractivity contribution in [2.45, 2.75) is 6.10 Å². The van der Waals surface area contributed by atoms with Gasteiger partial charge in [0.05, 0.1) is 19.0 Å². The number of hydrogen-bond acceptors (Lipinski definition) is 4. The zero-order valence-corrected chi connectivity index (χ0v) is 9.92. The van der Waals surface area contributed by atoms with Crippen molar-refractivity contribution in [1.29, 1.82) is 0 Å². The molecule has 6 nitrogen and oxygen atoms in total. The van der Waals surface area contributed by atoms with E-state index in [1.807, 2.05) is 14.1 Å². The Morgan fingerprint density at radius 1 is 1.41 bits per heavy atom. The molecule has 0 aliphatic heterocycles. The van der Waals surface area contributed by atoms with Crippen LogP contribution in [-0.4, -0.2) is 43.4 Å². The van der Waals surface area contributed by atoms with Crippen molar-refractivity contribution >= 4 is 5.69 Å². The zero-order valence-electron chi connectivity index (χ0n) is 9.92. The first kappa shape index (κ1) is 13.4. The second-order valence-electron chi connectivity index (χ2n) is 4.13. The first-order valence-corrected chi connectivity index (χ1v) is 5.33. The van der Waals surface area contributed by atoms with Gasteiger partial charge in [0.25, 0.3) is 5.69 Å². The van der Waals surface area contributed by atoms with Gasteiger partial charge in [-0.05, 0) is 12.1 Å². The topological polar surface area (TPSA) is 77.0 Å². The van der Waals surface area contributed by atoms with E-state index < -0.39 is 11.0 Å². The number of non-ortho nitro benzene ring substituents is 1. The smallest absolute Gasteiger partial charge is 0.269 e. The third kappa shape index (κ3) is 4.80. The van der Waals surface area contributed by atoms with Crippen LogP contribution >= 0.6 is 0 Å². The lowest BCUT2D eigenvalue weighted by molar-refractivity contribution is -0.861. The second kappa shape index (κ2) is 6.17. The van der Waals surface area contributed by atoms with Gasteiger partial charge in [0.15, 0.2) is 0 Å². The molecular formula is C11H17N2O4+. The largest absolute Gasteiger partial charge is 0.491 e. The number of aliphatic hydroxyl groups excluding tert-OH is 1. The Kier molecular flexibility index (Phi) is 4.86. The molecule has 0 spiro atoms. The lowest BCUT2D eigenvalue weighted by Crippen LogP contribution is -3.07. The monoisotopic (exact) mass is 241 g/mol. The summed E-state index contributed by atoms with van der Waals surface area (Å²) in [6.45, 7) is 0.774. The van der Waals surface area contributed by atoms with Gasteiger partial charge < -0.3 is 14.7 Å². The number of ether oxygens (including phenoxy) is 1. The summed E-state index contributed by atoms with van der Waals surface area (Å²) in [5, 5.41) is 20.0. The Morgan fingerprint density at radius 3 is 2.47 bits per heavy atom. The van der Waals surface area contributed by atoms with E-state index in [9.17, 15) is 15.2 Å². The molecule has 1 rings (SSSR count). The van der Waals surface area contributed by atoms with Crippen LogP contribution in [0.5, 0.6) is 5.75 Å². The SMILES string of the molecule is C[NH+](C)C[C@@H](O)COc1ccc([N+](=O)[O-])cc1. The van der Waals surface area contributed by atoms with Crippen LogP contribution in [0.25, 0.3) is 0 Å². The number of benzene rings is 1. The number of rotatable bonds is 6. The molecule has 0 aliphatic carbocycles. The Morgan fingerprint density at radius 2 is 2.00 bits per heavy atom. The Bertz CT molecular complexity index is 364. The van der Waals surface area contributed by atoms with E-state index in [4.69, 9.17) is 4.74 Å². The molecule has 1 aromatic rings. The highest BCUT2D eigenvalue weighted by molar-refractivity contribution is 5.35. The summed E-state index contributed by atoms with van der Waals surface area (Å²) in [5.41, 5.74) is 0.0237. The van der Waals surface area contributed by atoms with E-state index in [2.05, 4.69) is 0 Å². The fourth-order valence-corrected chi connectivity index (χ4v) is 1.39. The van der Waals surface area contributed by atoms with E-state index in [1.165, 1.54) is 24.3 Å². The number of nitrogens with one attached hydrogen (secondary N) is 1. The van der Waals surface area contributed by atoms with Crippen LogP contribution in [0, 0.1) is 10.1 Å². The molecule has 0 radical (unpaired) electrons. The highest BCUT2D eigenvalue weighted by Gasteiger charge is 2.10. The molecule has 2 N–H and O–H groups in total. The molecule has 0 saturated heterocycles. The van der Waals surface area contributed by atoms with Crippen LogP contribution in [-0.2, 0) is 0 Å². The summed E-state index contributed by atoms with van der Waals surface area (Å²) >= 11 is 0. The van der Waals surface area contributed by atoms with Gasteiger partial charge in [-0.15, -0.1) is 0 Å². The highest BCUT2D eigenvalue weighted by atomic mass is 16.6. The fourth-order valence-electron chi connectivity index (χ4n) is 1.39. The van der Waals surface area contributed by atoms with Gasteiger partial charge in [-0.3, -0.25) is 10.1 Å². The maximum Gasteiger partial charge on any atom is 0.269 e. The van der Waals surface area contributed by atoms with Crippen molar-refractivity contribution in [3.05, 3.63) is 34.4 Å². The summed E-state index contributed by atoms with van der Waals surface area (Å²) < 4.78 is 5.32. The molecule has 0 saturated carbocycles. The number of nitro groups is 1. The van der Waals surface area contributed by atoms with Crippen LogP contribution in [0.2, 0.25) is 0 Å². The zero-order chi connectivity index (χ0) is 12.8. The van der Waals surface area contributed by atoms with Gasteiger partial charge in [0.1, 0.15) is 25.0 Å². The number of nitro benzene ring substituents is 1. The van der Waals surface area contributed by atoms with Crippen LogP contribution in [0.15, 0.2) is 24.3 Å². The predicted molar refractivity (Wildman–Crippen MR) is 62.3 cm³/mol. The minimum Gasteiger partial charge on any atom is -0.491 e. The third-order valence-corrected chi connectivity index (χ3v) is 2.13. The van der Waals surface area contributed by atoms with Crippen molar-refractivity contribution in [3.8, 4) is 5.75 Å². The number of likely N-dealkylation sites (N-methyl/N-ethyl adjacent to an activating group) is 1. The summed E-state index contributed by atoms with van der Waals surface area (Å²) in [7, 11) is 3.88. The number of aliphatic hydroxyl groups is 1. The van der Waals surface area contributed by atoms with Gasteiger partial charge in [-0.2, -0.15) is 0 Å². The first-order valence-electron chi connectivity index (χ1n) is 5.33. The minimum absolute atomic E-state index is 0.0237. The van der Waals surface area contributed by atoms with E-state index in [-0.39, 0.29) is 12.3 Å². The number of nitrogens with zero attached hydrogens (tertiary/aromatic N) is 1. The first-order chi connectivity index (χ1) is 7.99. The Hall–Kier alpha value is -1.66. The maximum atomic E-state index is 10.4. The second-order valence-corrected chi connectivity index (χ2v) is 4.13. The van der Waals surface area contributed by atoms with Crippen LogP contribution in [0.3, 0.4) is 0 Å². The molecule has 94 valence electrons. The van der Waals surface area contributed by atoms with Gasteiger partial charge in [0, 0.05) is 12.1 Å². The van der Waals surface area contributed by atoms with Crippen molar-refractivity contribution < 1.29 is 19.7 Å². The molecule has 0 bridgehead atoms. The Balaban J connectivity index is 2.44. The normalized spacial score (nSPS) is 12.5. The van der Waals surface area contributed by atoms with Gasteiger partial charge in [0.2, 0.25) is 0 Å². The molecule has 1 atom stereocenters. The minimum atomic E-state index is -0.546. The number of hydrogen-bond donors (Lipinski definition) is 2. The molecule has 0 fully saturated rings. The van der Waals surface area contributed by atoms with Gasteiger partial charge in [-0.1, -0.05) is 0 Å². The number of quaternary nitrogens is 1. The van der Waals surface area contributed by atoms with Crippen LogP contribution in [0.4, 0.5) is 5.69 Å². The molecule has 6 heteroatoms. The van der Waals surface area contributed by atoms with Crippen LogP contribution < -0.4 is 9.64 Å². The molecular weight excluding hydrogens is 224 g/mol. The van der Waals surface area contributed by atoms with Crippen molar-refractivity contribution in [2.75, 3.05) is 27.2 Å². The van der Waals surface area contributed by atoms with E-state index >= 15 is 0 Å². The molecule has 0 unspecified atom stereocenters. The molecule has 1 aromatic carbocycles. The molecule has 17 heavy (non-hydrogen) atoms. The average molecular weight is 241 g/mol. The molecule has 0 aromatic heterocycles. The third-order valence-electron chi connectivity index (χ3n) is 2.13. The van der Waals surface area contributed by atoms with E-state index in [0.717, 1.165) is 4.90 Å². The molecule has 0 aliphatic rings. The Labute approximate surface area is 99.6 Å². The van der Waals surface area contributed by atoms with E-state index in [1.54, 1.807) is 0 Å². The molecule has 0 amide bonds. The quantitative estimate of drug-likeness (QED) is 0.519. The summed E-state index contributed by atoms with van der Waals surface area (Å²) in [4.78, 5) is 11.1. The van der Waals surface area contributed by atoms with E-state index in [0.29, 0.717) is 12.3 Å². The summed E-state index contributed by atoms with van der Waals surface area (Å²) in [5.74, 6) is 0.517. The lowest BCUT2D eigenvalue weighted by atomic mass is 10.3. The molecule has 0 heterocycles. The average Bonchev–Trinajstić information content (AvgIpc) is 2.26. The predicted octanol–water partition coefficient (Wildman–Crippen LogP) is -0.521. The summed E-state index contributed by atoms with van der Waals surface area (Å²) in [6.07, 6.45) is -0.546. The fraction of sp³-hybridized carbons (Fsp3) is 0.455. The standard InChI is InChI=1S/C11H16N2O4/c1-12(2)7-10(14)8-17-11-5-3-9(4-6-11)13(15)16/h3-6,10,14H,7-8H2,1-2H3/p+1/t10-/m1/s1. The van der Waals surface area contributed by atoms with Crippen molar-refractivity contribution in [3.63, 3.8) is 0 Å². The maximum absolute atomic E-state index is 10.4. The van der Waals surface area contributed by atoms with Crippen molar-refractivity contribution in [2.24, 2.45) is 0 Å². The summed E-state index contributed by atoms with van der Waals surface area (Å²) in [6, 6.07) is 5.79. The van der Waals surface area contributed by atoms with Crippen LogP contribution in [0.1, 0.15) is 0 Å². The highest BCUT2D eigenvalue weighted by Crippen LogP contribution is 2.17. The van der Waals surface area contributed by atoms with Gasteiger partial charge in [-0.25, -0.2) is 0 Å². The van der Waals surface area contributed by atoms with Crippen molar-refractivity contribution in [1.82, 2.24) is 0 Å².